The summed E-state index contributed by atoms with van der Waals surface area (Å²) < 4.78 is 14.6. The molecule has 0 saturated carbocycles. The van der Waals surface area contributed by atoms with E-state index in [1.807, 2.05) is 31.3 Å². The number of rotatable bonds is 6. The molecule has 1 amide bonds. The number of nitrogens with one attached hydrogen (secondary N) is 1. The maximum absolute atomic E-state index is 13.3. The van der Waals surface area contributed by atoms with Crippen molar-refractivity contribution in [2.24, 2.45) is 0 Å². The summed E-state index contributed by atoms with van der Waals surface area (Å²) in [6.07, 6.45) is 2.37. The predicted octanol–water partition coefficient (Wildman–Crippen LogP) is 2.11. The molecule has 11 heteroatoms. The molecule has 1 aliphatic rings. The number of halogens is 1. The summed E-state index contributed by atoms with van der Waals surface area (Å²) in [5.41, 5.74) is 1.17. The third-order valence-corrected chi connectivity index (χ3v) is 5.34. The molecule has 37 heavy (non-hydrogen) atoms. The van der Waals surface area contributed by atoms with Crippen LogP contribution in [0, 0.1) is 5.82 Å². The Labute approximate surface area is 213 Å². The molecule has 0 atom stereocenters. The Hall–Kier alpha value is -4.51. The molecule has 0 unspecified atom stereocenters. The first kappa shape index (κ1) is 28.7. The van der Waals surface area contributed by atoms with E-state index in [0.29, 0.717) is 18.4 Å². The van der Waals surface area contributed by atoms with Crippen molar-refractivity contribution < 1.29 is 29.0 Å². The summed E-state index contributed by atoms with van der Waals surface area (Å²) in [7, 11) is 2.81. The average Bonchev–Trinajstić information content (AvgIpc) is 2.91. The number of fused-ring (bicyclic) bond motifs is 1. The number of aromatic hydroxyl groups is 1. The lowest BCUT2D eigenvalue weighted by Gasteiger charge is -2.40. The molecule has 0 spiro atoms. The van der Waals surface area contributed by atoms with Gasteiger partial charge in [0.1, 0.15) is 18.8 Å². The molecule has 2 heterocycles. The van der Waals surface area contributed by atoms with Crippen LogP contribution in [0.2, 0.25) is 0 Å². The van der Waals surface area contributed by atoms with Gasteiger partial charge in [0.2, 0.25) is 5.43 Å². The van der Waals surface area contributed by atoms with E-state index in [0.717, 1.165) is 24.6 Å². The molecule has 4 rings (SSSR count). The molecule has 1 aromatic heterocycles. The van der Waals surface area contributed by atoms with Crippen LogP contribution in [0.25, 0.3) is 0 Å². The second-order valence-corrected chi connectivity index (χ2v) is 7.69. The van der Waals surface area contributed by atoms with Gasteiger partial charge >= 0.3 is 0 Å². The average molecular weight is 513 g/mol. The molecule has 2 aromatic carbocycles. The standard InChI is InChI=1S/C23H21FN4O4.C2H4O.CH4O/c1-25-19-8-4-16(5-9-19)11-27-14-26(10-15-2-6-18(24)7-3-15)23(32)20-22(31)21(30)17(13-29)12-28(20)27;1-2-3;1-2/h2-9,12-13,25,31H,10-11,14H2,1H3;2H,1H3;2H,1H3. The zero-order valence-corrected chi connectivity index (χ0v) is 20.7. The lowest BCUT2D eigenvalue weighted by molar-refractivity contribution is -0.106. The van der Waals surface area contributed by atoms with Gasteiger partial charge in [-0.1, -0.05) is 24.3 Å². The number of carbonyl (C=O) groups is 3. The summed E-state index contributed by atoms with van der Waals surface area (Å²) >= 11 is 0. The molecule has 196 valence electrons. The highest BCUT2D eigenvalue weighted by Gasteiger charge is 2.33. The van der Waals surface area contributed by atoms with E-state index in [-0.39, 0.29) is 30.3 Å². The highest BCUT2D eigenvalue weighted by atomic mass is 19.1. The van der Waals surface area contributed by atoms with E-state index in [9.17, 15) is 23.9 Å². The van der Waals surface area contributed by atoms with Crippen molar-refractivity contribution >= 4 is 24.2 Å². The van der Waals surface area contributed by atoms with Crippen molar-refractivity contribution in [1.82, 2.24) is 9.58 Å². The molecule has 0 fully saturated rings. The smallest absolute Gasteiger partial charge is 0.278 e. The summed E-state index contributed by atoms with van der Waals surface area (Å²) in [5.74, 6) is -1.73. The van der Waals surface area contributed by atoms with Gasteiger partial charge in [0.15, 0.2) is 17.7 Å². The number of hydrogen-bond acceptors (Lipinski definition) is 8. The fourth-order valence-electron chi connectivity index (χ4n) is 3.64. The number of aliphatic hydroxyl groups excluding tert-OH is 1. The zero-order valence-electron chi connectivity index (χ0n) is 20.7. The van der Waals surface area contributed by atoms with Crippen LogP contribution in [0.1, 0.15) is 38.9 Å². The third-order valence-electron chi connectivity index (χ3n) is 5.34. The van der Waals surface area contributed by atoms with Gasteiger partial charge in [0.05, 0.1) is 12.1 Å². The molecule has 0 aliphatic carbocycles. The van der Waals surface area contributed by atoms with E-state index < -0.39 is 17.1 Å². The summed E-state index contributed by atoms with van der Waals surface area (Å²) in [6.45, 7) is 2.06. The highest BCUT2D eigenvalue weighted by molar-refractivity contribution is 5.96. The van der Waals surface area contributed by atoms with Gasteiger partial charge in [-0.25, -0.2) is 4.39 Å². The van der Waals surface area contributed by atoms with Crippen molar-refractivity contribution in [3.8, 4) is 5.75 Å². The Morgan fingerprint density at radius 3 is 2.05 bits per heavy atom. The largest absolute Gasteiger partial charge is 0.502 e. The zero-order chi connectivity index (χ0) is 27.5. The van der Waals surface area contributed by atoms with Crippen LogP contribution in [0.5, 0.6) is 5.75 Å². The molecule has 10 nitrogen and oxygen atoms in total. The fourth-order valence-corrected chi connectivity index (χ4v) is 3.64. The number of hydrogen-bond donors (Lipinski definition) is 3. The van der Waals surface area contributed by atoms with Crippen LogP contribution in [-0.4, -0.2) is 59.1 Å². The monoisotopic (exact) mass is 512 g/mol. The van der Waals surface area contributed by atoms with Crippen molar-refractivity contribution in [1.29, 1.82) is 0 Å². The van der Waals surface area contributed by atoms with Gasteiger partial charge in [-0.2, -0.15) is 0 Å². The van der Waals surface area contributed by atoms with Crippen molar-refractivity contribution in [2.75, 3.05) is 31.2 Å². The summed E-state index contributed by atoms with van der Waals surface area (Å²) in [4.78, 5) is 47.1. The first-order chi connectivity index (χ1) is 17.8. The second-order valence-electron chi connectivity index (χ2n) is 7.69. The normalized spacial score (nSPS) is 11.9. The number of pyridine rings is 1. The lowest BCUT2D eigenvalue weighted by atomic mass is 10.1. The number of aldehydes is 2. The quantitative estimate of drug-likeness (QED) is 0.428. The van der Waals surface area contributed by atoms with E-state index in [1.165, 1.54) is 34.8 Å². The van der Waals surface area contributed by atoms with Gasteiger partial charge in [-0.15, -0.1) is 0 Å². The first-order valence-corrected chi connectivity index (χ1v) is 11.2. The number of benzene rings is 2. The summed E-state index contributed by atoms with van der Waals surface area (Å²) in [6, 6.07) is 13.4. The van der Waals surface area contributed by atoms with Crippen LogP contribution in [0.3, 0.4) is 0 Å². The Morgan fingerprint density at radius 1 is 0.973 bits per heavy atom. The second kappa shape index (κ2) is 13.5. The molecule has 3 aromatic rings. The highest BCUT2D eigenvalue weighted by Crippen LogP contribution is 2.24. The third kappa shape index (κ3) is 6.79. The Kier molecular flexibility index (Phi) is 10.5. The van der Waals surface area contributed by atoms with Gasteiger partial charge in [0, 0.05) is 32.6 Å². The maximum Gasteiger partial charge on any atom is 0.278 e. The van der Waals surface area contributed by atoms with Crippen LogP contribution in [0.4, 0.5) is 10.1 Å². The number of carbonyl (C=O) groups excluding carboxylic acids is 3. The molecular weight excluding hydrogens is 483 g/mol. The van der Waals surface area contributed by atoms with Crippen molar-refractivity contribution in [3.05, 3.63) is 93.2 Å². The number of aliphatic hydroxyl groups is 1. The fraction of sp³-hybridized carbons (Fsp3) is 0.231. The number of aromatic nitrogens is 1. The van der Waals surface area contributed by atoms with Crippen LogP contribution in [0.15, 0.2) is 59.5 Å². The van der Waals surface area contributed by atoms with Gasteiger partial charge in [-0.3, -0.25) is 24.1 Å². The van der Waals surface area contributed by atoms with E-state index >= 15 is 0 Å². The molecule has 0 saturated heterocycles. The molecule has 0 radical (unpaired) electrons. The predicted molar refractivity (Wildman–Crippen MR) is 137 cm³/mol. The minimum absolute atomic E-state index is 0.123. The Balaban J connectivity index is 0.000000898. The van der Waals surface area contributed by atoms with E-state index in [2.05, 4.69) is 5.32 Å². The van der Waals surface area contributed by atoms with Crippen molar-refractivity contribution in [2.45, 2.75) is 20.0 Å². The van der Waals surface area contributed by atoms with Gasteiger partial charge in [-0.05, 0) is 42.3 Å². The van der Waals surface area contributed by atoms with E-state index in [1.54, 1.807) is 17.1 Å². The van der Waals surface area contributed by atoms with Crippen molar-refractivity contribution in [3.63, 3.8) is 0 Å². The number of amides is 1. The Morgan fingerprint density at radius 2 is 1.51 bits per heavy atom. The molecule has 1 aliphatic heterocycles. The maximum atomic E-state index is 13.3. The topological polar surface area (TPSA) is 132 Å². The molecule has 3 N–H and O–H groups in total. The van der Waals surface area contributed by atoms with Gasteiger partial charge < -0.3 is 25.2 Å². The Bertz CT molecular complexity index is 1280. The summed E-state index contributed by atoms with van der Waals surface area (Å²) in [5, 5.41) is 22.3. The van der Waals surface area contributed by atoms with Gasteiger partial charge in [0.25, 0.3) is 5.91 Å². The van der Waals surface area contributed by atoms with E-state index in [4.69, 9.17) is 9.90 Å². The number of anilines is 1. The van der Waals surface area contributed by atoms with Crippen LogP contribution < -0.4 is 15.8 Å². The molecular formula is C26H29FN4O6. The number of nitrogens with zero attached hydrogens (tertiary/aromatic N) is 3. The SMILES string of the molecule is CC=O.CNc1ccc(CN2CN(Cc3ccc(F)cc3)C(=O)c3c(O)c(=O)c(C=O)cn32)cc1.CO. The first-order valence-electron chi connectivity index (χ1n) is 11.2. The van der Waals surface area contributed by atoms with Crippen LogP contribution in [-0.2, 0) is 17.9 Å². The van der Waals surface area contributed by atoms with Crippen LogP contribution >= 0.6 is 0 Å². The minimum Gasteiger partial charge on any atom is -0.502 e. The lowest BCUT2D eigenvalue weighted by Crippen LogP contribution is -2.53. The minimum atomic E-state index is -0.901. The molecule has 0 bridgehead atoms.